The Morgan fingerprint density at radius 3 is 2.65 bits per heavy atom. The van der Waals surface area contributed by atoms with Gasteiger partial charge in [0.25, 0.3) is 5.91 Å². The molecular formula is C19H13F2N3OS. The van der Waals surface area contributed by atoms with Gasteiger partial charge in [-0.3, -0.25) is 9.20 Å². The number of imidazole rings is 1. The van der Waals surface area contributed by atoms with E-state index in [0.29, 0.717) is 27.5 Å². The van der Waals surface area contributed by atoms with E-state index in [9.17, 15) is 13.6 Å². The number of hydrogen-bond acceptors (Lipinski definition) is 3. The molecule has 0 saturated heterocycles. The molecule has 7 heteroatoms. The molecule has 26 heavy (non-hydrogen) atoms. The van der Waals surface area contributed by atoms with Crippen LogP contribution in [0.1, 0.15) is 16.1 Å². The number of fused-ring (bicyclic) bond motifs is 1. The van der Waals surface area contributed by atoms with Crippen LogP contribution >= 0.6 is 11.3 Å². The zero-order valence-corrected chi connectivity index (χ0v) is 14.3. The second-order valence-electron chi connectivity index (χ2n) is 5.72. The summed E-state index contributed by atoms with van der Waals surface area (Å²) in [4.78, 5) is 17.6. The van der Waals surface area contributed by atoms with Crippen LogP contribution in [-0.4, -0.2) is 15.3 Å². The highest BCUT2D eigenvalue weighted by Crippen LogP contribution is 2.24. The average Bonchev–Trinajstić information content (AvgIpc) is 3.20. The van der Waals surface area contributed by atoms with Crippen LogP contribution in [0.3, 0.4) is 0 Å². The predicted molar refractivity (Wildman–Crippen MR) is 96.0 cm³/mol. The third kappa shape index (κ3) is 3.21. The number of benzene rings is 2. The van der Waals surface area contributed by atoms with Crippen LogP contribution in [0.4, 0.5) is 8.78 Å². The zero-order valence-electron chi connectivity index (χ0n) is 13.4. The first-order valence-electron chi connectivity index (χ1n) is 7.85. The van der Waals surface area contributed by atoms with Gasteiger partial charge in [-0.05, 0) is 29.8 Å². The molecule has 4 aromatic rings. The van der Waals surface area contributed by atoms with Crippen molar-refractivity contribution in [2.45, 2.75) is 6.54 Å². The summed E-state index contributed by atoms with van der Waals surface area (Å²) in [5.74, 6) is -0.973. The highest BCUT2D eigenvalue weighted by Gasteiger charge is 2.15. The molecular weight excluding hydrogens is 356 g/mol. The van der Waals surface area contributed by atoms with Crippen molar-refractivity contribution in [3.63, 3.8) is 0 Å². The van der Waals surface area contributed by atoms with E-state index in [1.54, 1.807) is 40.2 Å². The van der Waals surface area contributed by atoms with Crippen molar-refractivity contribution >= 4 is 22.2 Å². The lowest BCUT2D eigenvalue weighted by molar-refractivity contribution is 0.0945. The van der Waals surface area contributed by atoms with Crippen molar-refractivity contribution < 1.29 is 13.6 Å². The Labute approximate surface area is 151 Å². The van der Waals surface area contributed by atoms with Crippen molar-refractivity contribution in [2.24, 2.45) is 0 Å². The molecule has 0 aliphatic heterocycles. The van der Waals surface area contributed by atoms with Crippen molar-refractivity contribution in [2.75, 3.05) is 0 Å². The molecule has 0 saturated carbocycles. The van der Waals surface area contributed by atoms with Gasteiger partial charge in [0.05, 0.1) is 5.69 Å². The monoisotopic (exact) mass is 369 g/mol. The summed E-state index contributed by atoms with van der Waals surface area (Å²) in [5.41, 5.74) is 2.34. The first-order chi connectivity index (χ1) is 12.6. The Bertz CT molecular complexity index is 1100. The molecule has 0 fully saturated rings. The van der Waals surface area contributed by atoms with E-state index in [1.165, 1.54) is 35.6 Å². The van der Waals surface area contributed by atoms with E-state index in [2.05, 4.69) is 10.3 Å². The number of thiazole rings is 1. The first kappa shape index (κ1) is 16.4. The van der Waals surface area contributed by atoms with Crippen LogP contribution in [0.15, 0.2) is 60.1 Å². The lowest BCUT2D eigenvalue weighted by Gasteiger charge is -2.04. The van der Waals surface area contributed by atoms with E-state index in [1.807, 2.05) is 0 Å². The van der Waals surface area contributed by atoms with E-state index in [0.717, 1.165) is 0 Å². The molecule has 0 aliphatic carbocycles. The molecule has 1 N–H and O–H groups in total. The maximum Gasteiger partial charge on any atom is 0.269 e. The molecule has 0 spiro atoms. The van der Waals surface area contributed by atoms with Crippen LogP contribution in [0.2, 0.25) is 0 Å². The zero-order chi connectivity index (χ0) is 18.1. The summed E-state index contributed by atoms with van der Waals surface area (Å²) in [6.45, 7) is 0.222. The standard InChI is InChI=1S/C19H13F2N3OS/c20-14-5-1-3-12(7-14)9-22-18(25)17-11-26-19-23-16(10-24(17)19)13-4-2-6-15(21)8-13/h1-8,10-11H,9H2,(H,22,25). The van der Waals surface area contributed by atoms with Gasteiger partial charge in [0.15, 0.2) is 4.96 Å². The molecule has 4 nitrogen and oxygen atoms in total. The van der Waals surface area contributed by atoms with Crippen LogP contribution < -0.4 is 5.32 Å². The van der Waals surface area contributed by atoms with Crippen molar-refractivity contribution in [3.8, 4) is 11.3 Å². The first-order valence-corrected chi connectivity index (χ1v) is 8.73. The lowest BCUT2D eigenvalue weighted by Crippen LogP contribution is -2.24. The van der Waals surface area contributed by atoms with Gasteiger partial charge in [0.1, 0.15) is 17.3 Å². The summed E-state index contributed by atoms with van der Waals surface area (Å²) in [6.07, 6.45) is 1.71. The van der Waals surface area contributed by atoms with Gasteiger partial charge in [-0.2, -0.15) is 0 Å². The molecule has 4 rings (SSSR count). The molecule has 0 bridgehead atoms. The van der Waals surface area contributed by atoms with Gasteiger partial charge < -0.3 is 5.32 Å². The molecule has 2 aromatic carbocycles. The number of aromatic nitrogens is 2. The number of hydrogen-bond donors (Lipinski definition) is 1. The average molecular weight is 369 g/mol. The van der Waals surface area contributed by atoms with Gasteiger partial charge >= 0.3 is 0 Å². The quantitative estimate of drug-likeness (QED) is 0.584. The summed E-state index contributed by atoms with van der Waals surface area (Å²) in [5, 5.41) is 4.48. The lowest BCUT2D eigenvalue weighted by atomic mass is 10.2. The van der Waals surface area contributed by atoms with Crippen molar-refractivity contribution in [3.05, 3.63) is 83.0 Å². The molecule has 2 heterocycles. The number of rotatable bonds is 4. The Kier molecular flexibility index (Phi) is 4.22. The minimum Gasteiger partial charge on any atom is -0.347 e. The van der Waals surface area contributed by atoms with Crippen LogP contribution in [0, 0.1) is 11.6 Å². The van der Waals surface area contributed by atoms with E-state index in [4.69, 9.17) is 0 Å². The fourth-order valence-electron chi connectivity index (χ4n) is 2.65. The topological polar surface area (TPSA) is 46.4 Å². The second-order valence-corrected chi connectivity index (χ2v) is 6.56. The maximum absolute atomic E-state index is 13.4. The van der Waals surface area contributed by atoms with Gasteiger partial charge in [0.2, 0.25) is 0 Å². The van der Waals surface area contributed by atoms with Crippen LogP contribution in [0.25, 0.3) is 16.2 Å². The summed E-state index contributed by atoms with van der Waals surface area (Å²) in [7, 11) is 0. The highest BCUT2D eigenvalue weighted by molar-refractivity contribution is 7.15. The van der Waals surface area contributed by atoms with E-state index >= 15 is 0 Å². The van der Waals surface area contributed by atoms with Crippen LogP contribution in [0.5, 0.6) is 0 Å². The third-order valence-corrected chi connectivity index (χ3v) is 4.74. The van der Waals surface area contributed by atoms with Gasteiger partial charge in [0, 0.05) is 23.7 Å². The molecule has 130 valence electrons. The Morgan fingerprint density at radius 2 is 1.88 bits per heavy atom. The number of amides is 1. The minimum absolute atomic E-state index is 0.222. The fourth-order valence-corrected chi connectivity index (χ4v) is 3.51. The molecule has 2 aromatic heterocycles. The van der Waals surface area contributed by atoms with Crippen LogP contribution in [-0.2, 0) is 6.54 Å². The maximum atomic E-state index is 13.4. The predicted octanol–water partition coefficient (Wildman–Crippen LogP) is 4.27. The third-order valence-electron chi connectivity index (χ3n) is 3.90. The summed E-state index contributed by atoms with van der Waals surface area (Å²) < 4.78 is 28.3. The smallest absolute Gasteiger partial charge is 0.269 e. The Balaban J connectivity index is 1.57. The molecule has 0 aliphatic rings. The van der Waals surface area contributed by atoms with Gasteiger partial charge in [-0.1, -0.05) is 24.3 Å². The van der Waals surface area contributed by atoms with Gasteiger partial charge in [-0.25, -0.2) is 13.8 Å². The van der Waals surface area contributed by atoms with E-state index < -0.39 is 0 Å². The molecule has 1 amide bonds. The minimum atomic E-state index is -0.344. The number of carbonyl (C=O) groups is 1. The Morgan fingerprint density at radius 1 is 1.12 bits per heavy atom. The second kappa shape index (κ2) is 6.68. The van der Waals surface area contributed by atoms with Crippen molar-refractivity contribution in [1.29, 1.82) is 0 Å². The highest BCUT2D eigenvalue weighted by atomic mass is 32.1. The molecule has 0 radical (unpaired) electrons. The molecule has 0 atom stereocenters. The van der Waals surface area contributed by atoms with Crippen molar-refractivity contribution in [1.82, 2.24) is 14.7 Å². The van der Waals surface area contributed by atoms with Gasteiger partial charge in [-0.15, -0.1) is 11.3 Å². The normalized spacial score (nSPS) is 11.0. The largest absolute Gasteiger partial charge is 0.347 e. The Hall–Kier alpha value is -3.06. The number of halogens is 2. The fraction of sp³-hybridized carbons (Fsp3) is 0.0526. The summed E-state index contributed by atoms with van der Waals surface area (Å²) >= 11 is 1.32. The SMILES string of the molecule is O=C(NCc1cccc(F)c1)c1csc2nc(-c3cccc(F)c3)cn12. The number of carbonyl (C=O) groups excluding carboxylic acids is 1. The number of nitrogens with one attached hydrogen (secondary N) is 1. The number of nitrogens with zero attached hydrogens (tertiary/aromatic N) is 2. The molecule has 0 unspecified atom stereocenters. The van der Waals surface area contributed by atoms with E-state index in [-0.39, 0.29) is 24.1 Å². The summed E-state index contributed by atoms with van der Waals surface area (Å²) in [6, 6.07) is 12.2.